The Bertz CT molecular complexity index is 1420. The van der Waals surface area contributed by atoms with Gasteiger partial charge in [0.05, 0.1) is 10.6 Å². The van der Waals surface area contributed by atoms with Gasteiger partial charge in [0.15, 0.2) is 0 Å². The molecule has 1 atom stereocenters. The van der Waals surface area contributed by atoms with Crippen molar-refractivity contribution in [2.45, 2.75) is 64.1 Å². The number of anilines is 1. The molecule has 40 heavy (non-hydrogen) atoms. The van der Waals surface area contributed by atoms with Crippen LogP contribution in [-0.4, -0.2) is 43.3 Å². The highest BCUT2D eigenvalue weighted by Gasteiger charge is 2.35. The summed E-state index contributed by atoms with van der Waals surface area (Å²) in [4.78, 5) is 28.9. The maximum Gasteiger partial charge on any atom is 0.264 e. The van der Waals surface area contributed by atoms with Gasteiger partial charge in [-0.05, 0) is 70.5 Å². The lowest BCUT2D eigenvalue weighted by molar-refractivity contribution is -0.141. The van der Waals surface area contributed by atoms with Crippen molar-refractivity contribution in [2.75, 3.05) is 10.8 Å². The minimum Gasteiger partial charge on any atom is -0.350 e. The van der Waals surface area contributed by atoms with Crippen LogP contribution in [0.15, 0.2) is 77.7 Å². The molecule has 0 heterocycles. The molecule has 0 aliphatic heterocycles. The molecule has 2 amide bonds. The van der Waals surface area contributed by atoms with Gasteiger partial charge in [-0.2, -0.15) is 0 Å². The van der Waals surface area contributed by atoms with Crippen LogP contribution in [0.25, 0.3) is 0 Å². The van der Waals surface area contributed by atoms with Gasteiger partial charge in [-0.3, -0.25) is 13.9 Å². The molecular formula is C30H35Cl2N3O4S. The van der Waals surface area contributed by atoms with E-state index in [1.54, 1.807) is 67.6 Å². The van der Waals surface area contributed by atoms with Crippen LogP contribution in [-0.2, 0) is 26.2 Å². The van der Waals surface area contributed by atoms with E-state index in [9.17, 15) is 18.0 Å². The Balaban J connectivity index is 2.09. The van der Waals surface area contributed by atoms with Crippen molar-refractivity contribution < 1.29 is 18.0 Å². The number of para-hydroxylation sites is 1. The first kappa shape index (κ1) is 31.5. The predicted molar refractivity (Wildman–Crippen MR) is 161 cm³/mol. The smallest absolute Gasteiger partial charge is 0.264 e. The van der Waals surface area contributed by atoms with Gasteiger partial charge < -0.3 is 10.2 Å². The van der Waals surface area contributed by atoms with Gasteiger partial charge in [0.25, 0.3) is 10.0 Å². The second-order valence-corrected chi connectivity index (χ2v) is 13.2. The first-order valence-electron chi connectivity index (χ1n) is 12.9. The second-order valence-electron chi connectivity index (χ2n) is 10.5. The minimum atomic E-state index is -4.14. The van der Waals surface area contributed by atoms with Crippen molar-refractivity contribution in [3.63, 3.8) is 0 Å². The Hall–Kier alpha value is -3.07. The van der Waals surface area contributed by atoms with Gasteiger partial charge in [-0.15, -0.1) is 0 Å². The second kappa shape index (κ2) is 13.1. The number of carbonyl (C=O) groups excluding carboxylic acids is 2. The fourth-order valence-electron chi connectivity index (χ4n) is 4.19. The highest BCUT2D eigenvalue weighted by molar-refractivity contribution is 7.92. The van der Waals surface area contributed by atoms with Crippen molar-refractivity contribution in [2.24, 2.45) is 0 Å². The first-order valence-corrected chi connectivity index (χ1v) is 15.1. The number of sulfonamides is 1. The van der Waals surface area contributed by atoms with E-state index in [1.807, 2.05) is 27.7 Å². The summed E-state index contributed by atoms with van der Waals surface area (Å²) < 4.78 is 28.8. The van der Waals surface area contributed by atoms with E-state index >= 15 is 0 Å². The number of carbonyl (C=O) groups is 2. The van der Waals surface area contributed by atoms with Crippen LogP contribution in [0.3, 0.4) is 0 Å². The van der Waals surface area contributed by atoms with Crippen LogP contribution >= 0.6 is 23.2 Å². The van der Waals surface area contributed by atoms with Crippen molar-refractivity contribution in [3.05, 3.63) is 94.0 Å². The SMILES string of the molecule is CCC(C(=O)NC(C)(C)C)N(Cc1c(Cl)cccc1Cl)C(=O)CN(c1ccccc1)S(=O)(=O)c1ccc(C)cc1. The van der Waals surface area contributed by atoms with E-state index < -0.39 is 34.1 Å². The summed E-state index contributed by atoms with van der Waals surface area (Å²) in [6.45, 7) is 8.57. The quantitative estimate of drug-likeness (QED) is 0.298. The first-order chi connectivity index (χ1) is 18.7. The highest BCUT2D eigenvalue weighted by atomic mass is 35.5. The average molecular weight is 605 g/mol. The monoisotopic (exact) mass is 603 g/mol. The largest absolute Gasteiger partial charge is 0.350 e. The number of benzene rings is 3. The lowest BCUT2D eigenvalue weighted by atomic mass is 10.1. The summed E-state index contributed by atoms with van der Waals surface area (Å²) in [7, 11) is -4.14. The van der Waals surface area contributed by atoms with E-state index in [0.29, 0.717) is 21.3 Å². The molecule has 0 aromatic heterocycles. The number of amides is 2. The normalized spacial score (nSPS) is 12.5. The number of aryl methyl sites for hydroxylation is 1. The Morgan fingerprint density at radius 1 is 0.900 bits per heavy atom. The van der Waals surface area contributed by atoms with Crippen LogP contribution in [0.1, 0.15) is 45.2 Å². The molecule has 0 fully saturated rings. The van der Waals surface area contributed by atoms with Crippen molar-refractivity contribution in [1.29, 1.82) is 0 Å². The maximum atomic E-state index is 14.1. The summed E-state index contributed by atoms with van der Waals surface area (Å²) in [5.74, 6) is -0.939. The number of nitrogens with zero attached hydrogens (tertiary/aromatic N) is 2. The standard InChI is InChI=1S/C30H35Cl2N3O4S/c1-6-27(29(37)33-30(3,4)5)34(19-24-25(31)13-10-14-26(24)32)28(36)20-35(22-11-8-7-9-12-22)40(38,39)23-17-15-21(2)16-18-23/h7-18,27H,6,19-20H2,1-5H3,(H,33,37). The summed E-state index contributed by atoms with van der Waals surface area (Å²) in [5.41, 5.74) is 1.14. The zero-order chi connectivity index (χ0) is 29.7. The minimum absolute atomic E-state index is 0.0490. The number of hydrogen-bond donors (Lipinski definition) is 1. The summed E-state index contributed by atoms with van der Waals surface area (Å²) in [6.07, 6.45) is 0.284. The summed E-state index contributed by atoms with van der Waals surface area (Å²) in [5, 5.41) is 3.61. The molecular weight excluding hydrogens is 569 g/mol. The molecule has 0 radical (unpaired) electrons. The fraction of sp³-hybridized carbons (Fsp3) is 0.333. The number of hydrogen-bond acceptors (Lipinski definition) is 4. The zero-order valence-corrected chi connectivity index (χ0v) is 25.6. The summed E-state index contributed by atoms with van der Waals surface area (Å²) >= 11 is 12.9. The van der Waals surface area contributed by atoms with Crippen molar-refractivity contribution in [1.82, 2.24) is 10.2 Å². The lowest BCUT2D eigenvalue weighted by Crippen LogP contribution is -2.55. The van der Waals surface area contributed by atoms with Crippen LogP contribution in [0.4, 0.5) is 5.69 Å². The zero-order valence-electron chi connectivity index (χ0n) is 23.3. The van der Waals surface area contributed by atoms with Crippen molar-refractivity contribution >= 4 is 50.7 Å². The molecule has 0 saturated heterocycles. The van der Waals surface area contributed by atoms with E-state index in [-0.39, 0.29) is 23.8 Å². The van der Waals surface area contributed by atoms with Crippen LogP contribution in [0, 0.1) is 6.92 Å². The molecule has 1 unspecified atom stereocenters. The molecule has 3 rings (SSSR count). The fourth-order valence-corrected chi connectivity index (χ4v) is 6.12. The molecule has 0 aliphatic rings. The van der Waals surface area contributed by atoms with E-state index in [4.69, 9.17) is 23.2 Å². The molecule has 3 aromatic carbocycles. The topological polar surface area (TPSA) is 86.8 Å². The van der Waals surface area contributed by atoms with Gasteiger partial charge in [-0.1, -0.05) is 72.1 Å². The van der Waals surface area contributed by atoms with Gasteiger partial charge in [-0.25, -0.2) is 8.42 Å². The van der Waals surface area contributed by atoms with Gasteiger partial charge in [0.2, 0.25) is 11.8 Å². The molecule has 7 nitrogen and oxygen atoms in total. The lowest BCUT2D eigenvalue weighted by Gasteiger charge is -2.35. The Kier molecular flexibility index (Phi) is 10.3. The Labute approximate surface area is 247 Å². The van der Waals surface area contributed by atoms with E-state index in [0.717, 1.165) is 9.87 Å². The third-order valence-corrected chi connectivity index (χ3v) is 8.70. The van der Waals surface area contributed by atoms with E-state index in [2.05, 4.69) is 5.32 Å². The maximum absolute atomic E-state index is 14.1. The third kappa shape index (κ3) is 7.77. The molecule has 10 heteroatoms. The van der Waals surface area contributed by atoms with Crippen molar-refractivity contribution in [3.8, 4) is 0 Å². The van der Waals surface area contributed by atoms with Crippen LogP contribution in [0.2, 0.25) is 10.0 Å². The predicted octanol–water partition coefficient (Wildman–Crippen LogP) is 6.22. The van der Waals surface area contributed by atoms with E-state index in [1.165, 1.54) is 17.0 Å². The Morgan fingerprint density at radius 2 is 1.48 bits per heavy atom. The molecule has 0 spiro atoms. The molecule has 214 valence electrons. The number of rotatable bonds is 10. The van der Waals surface area contributed by atoms with Crippen LogP contribution < -0.4 is 9.62 Å². The van der Waals surface area contributed by atoms with Crippen LogP contribution in [0.5, 0.6) is 0 Å². The summed E-state index contributed by atoms with van der Waals surface area (Å²) in [6, 6.07) is 18.9. The number of nitrogens with one attached hydrogen (secondary N) is 1. The molecule has 1 N–H and O–H groups in total. The highest BCUT2D eigenvalue weighted by Crippen LogP contribution is 2.29. The third-order valence-electron chi connectivity index (χ3n) is 6.21. The molecule has 3 aromatic rings. The number of halogens is 2. The molecule has 0 aliphatic carbocycles. The Morgan fingerprint density at radius 3 is 2.00 bits per heavy atom. The van der Waals surface area contributed by atoms with Gasteiger partial charge in [0.1, 0.15) is 12.6 Å². The van der Waals surface area contributed by atoms with Gasteiger partial charge in [0, 0.05) is 27.7 Å². The molecule has 0 bridgehead atoms. The molecule has 0 saturated carbocycles. The van der Waals surface area contributed by atoms with Gasteiger partial charge >= 0.3 is 0 Å². The average Bonchev–Trinajstić information content (AvgIpc) is 2.88.